The van der Waals surface area contributed by atoms with E-state index in [1.54, 1.807) is 18.2 Å². The predicted molar refractivity (Wildman–Crippen MR) is 65.9 cm³/mol. The Bertz CT molecular complexity index is 386. The van der Waals surface area contributed by atoms with Gasteiger partial charge in [0.2, 0.25) is 0 Å². The highest BCUT2D eigenvalue weighted by Gasteiger charge is 2.14. The van der Waals surface area contributed by atoms with E-state index >= 15 is 0 Å². The Labute approximate surface area is 106 Å². The van der Waals surface area contributed by atoms with Crippen LogP contribution in [-0.4, -0.2) is 26.1 Å². The number of halogens is 1. The van der Waals surface area contributed by atoms with Gasteiger partial charge in [-0.3, -0.25) is 4.79 Å². The quantitative estimate of drug-likeness (QED) is 0.775. The van der Waals surface area contributed by atoms with Crippen LogP contribution in [0.15, 0.2) is 18.2 Å². The molecule has 1 fully saturated rings. The van der Waals surface area contributed by atoms with Crippen LogP contribution in [0.4, 0.5) is 0 Å². The highest BCUT2D eigenvalue weighted by Crippen LogP contribution is 2.22. The van der Waals surface area contributed by atoms with Crippen molar-refractivity contribution in [3.63, 3.8) is 0 Å². The van der Waals surface area contributed by atoms with E-state index in [0.29, 0.717) is 28.9 Å². The second-order valence-electron chi connectivity index (χ2n) is 4.20. The van der Waals surface area contributed by atoms with Crippen LogP contribution in [0.25, 0.3) is 0 Å². The van der Waals surface area contributed by atoms with E-state index in [9.17, 15) is 4.79 Å². The molecule has 1 saturated heterocycles. The minimum absolute atomic E-state index is 0.444. The number of carbonyl (C=O) groups excluding carboxylic acids is 1. The highest BCUT2D eigenvalue weighted by atomic mass is 35.5. The number of hydrogen-bond donors (Lipinski definition) is 0. The summed E-state index contributed by atoms with van der Waals surface area (Å²) in [5.41, 5.74) is 0.462. The first-order valence-corrected chi connectivity index (χ1v) is 6.12. The molecule has 17 heavy (non-hydrogen) atoms. The third kappa shape index (κ3) is 3.45. The van der Waals surface area contributed by atoms with Gasteiger partial charge in [-0.15, -0.1) is 0 Å². The second kappa shape index (κ2) is 6.03. The zero-order valence-electron chi connectivity index (χ0n) is 9.52. The van der Waals surface area contributed by atoms with Gasteiger partial charge in [-0.05, 0) is 31.0 Å². The standard InChI is InChI=1S/C13H15ClO3/c14-13-4-3-12(6-11(13)7-15)17-9-10-2-1-5-16-8-10/h3-4,6-7,10H,1-2,5,8-9H2. The van der Waals surface area contributed by atoms with Crippen molar-refractivity contribution in [2.45, 2.75) is 12.8 Å². The number of ether oxygens (including phenoxy) is 2. The average molecular weight is 255 g/mol. The largest absolute Gasteiger partial charge is 0.493 e. The molecule has 0 aliphatic carbocycles. The first-order chi connectivity index (χ1) is 8.29. The molecule has 1 aliphatic heterocycles. The van der Waals surface area contributed by atoms with Crippen molar-refractivity contribution >= 4 is 17.9 Å². The minimum Gasteiger partial charge on any atom is -0.493 e. The first-order valence-electron chi connectivity index (χ1n) is 5.75. The molecule has 0 saturated carbocycles. The Morgan fingerprint density at radius 3 is 3.12 bits per heavy atom. The van der Waals surface area contributed by atoms with E-state index < -0.39 is 0 Å². The molecule has 1 aliphatic rings. The summed E-state index contributed by atoms with van der Waals surface area (Å²) in [5.74, 6) is 1.13. The van der Waals surface area contributed by atoms with Gasteiger partial charge in [-0.2, -0.15) is 0 Å². The lowest BCUT2D eigenvalue weighted by Gasteiger charge is -2.22. The number of aldehydes is 1. The molecule has 3 nitrogen and oxygen atoms in total. The van der Waals surface area contributed by atoms with Gasteiger partial charge in [0.15, 0.2) is 6.29 Å². The van der Waals surface area contributed by atoms with Gasteiger partial charge >= 0.3 is 0 Å². The van der Waals surface area contributed by atoms with Crippen molar-refractivity contribution < 1.29 is 14.3 Å². The summed E-state index contributed by atoms with van der Waals surface area (Å²) in [6, 6.07) is 5.12. The lowest BCUT2D eigenvalue weighted by atomic mass is 10.0. The van der Waals surface area contributed by atoms with Crippen LogP contribution >= 0.6 is 11.6 Å². The Kier molecular flexibility index (Phi) is 4.40. The first kappa shape index (κ1) is 12.4. The Morgan fingerprint density at radius 2 is 2.41 bits per heavy atom. The Hall–Kier alpha value is -1.06. The Morgan fingerprint density at radius 1 is 1.53 bits per heavy atom. The third-order valence-electron chi connectivity index (χ3n) is 2.83. The van der Waals surface area contributed by atoms with Gasteiger partial charge in [0, 0.05) is 18.1 Å². The minimum atomic E-state index is 0.444. The van der Waals surface area contributed by atoms with Crippen LogP contribution in [0, 0.1) is 5.92 Å². The zero-order chi connectivity index (χ0) is 12.1. The van der Waals surface area contributed by atoms with Gasteiger partial charge in [0.1, 0.15) is 5.75 Å². The van der Waals surface area contributed by atoms with Gasteiger partial charge in [-0.25, -0.2) is 0 Å². The summed E-state index contributed by atoms with van der Waals surface area (Å²) in [6.45, 7) is 2.24. The average Bonchev–Trinajstić information content (AvgIpc) is 2.39. The van der Waals surface area contributed by atoms with Crippen molar-refractivity contribution in [2.24, 2.45) is 5.92 Å². The smallest absolute Gasteiger partial charge is 0.151 e. The number of rotatable bonds is 4. The molecular formula is C13H15ClO3. The van der Waals surface area contributed by atoms with Crippen molar-refractivity contribution in [2.75, 3.05) is 19.8 Å². The summed E-state index contributed by atoms with van der Waals surface area (Å²) in [5, 5.41) is 0.452. The summed E-state index contributed by atoms with van der Waals surface area (Å²) >= 11 is 5.84. The predicted octanol–water partition coefficient (Wildman–Crippen LogP) is 2.96. The van der Waals surface area contributed by atoms with Gasteiger partial charge < -0.3 is 9.47 Å². The van der Waals surface area contributed by atoms with Crippen LogP contribution in [0.2, 0.25) is 5.02 Å². The summed E-state index contributed by atoms with van der Waals surface area (Å²) in [4.78, 5) is 10.7. The SMILES string of the molecule is O=Cc1cc(OCC2CCCOC2)ccc1Cl. The van der Waals surface area contributed by atoms with E-state index in [-0.39, 0.29) is 0 Å². The normalized spacial score (nSPS) is 19.9. The van der Waals surface area contributed by atoms with E-state index in [4.69, 9.17) is 21.1 Å². The van der Waals surface area contributed by atoms with Gasteiger partial charge in [0.05, 0.1) is 18.2 Å². The monoisotopic (exact) mass is 254 g/mol. The van der Waals surface area contributed by atoms with Crippen molar-refractivity contribution in [3.05, 3.63) is 28.8 Å². The fourth-order valence-corrected chi connectivity index (χ4v) is 2.02. The number of benzene rings is 1. The van der Waals surface area contributed by atoms with E-state index in [1.165, 1.54) is 0 Å². The summed E-state index contributed by atoms with van der Waals surface area (Å²) in [6.07, 6.45) is 2.96. The van der Waals surface area contributed by atoms with Crippen LogP contribution in [0.3, 0.4) is 0 Å². The molecule has 2 rings (SSSR count). The molecule has 0 amide bonds. The number of carbonyl (C=O) groups is 1. The maximum Gasteiger partial charge on any atom is 0.151 e. The highest BCUT2D eigenvalue weighted by molar-refractivity contribution is 6.32. The summed E-state index contributed by atoms with van der Waals surface area (Å²) in [7, 11) is 0. The molecule has 92 valence electrons. The lowest BCUT2D eigenvalue weighted by Crippen LogP contribution is -2.23. The van der Waals surface area contributed by atoms with E-state index in [1.807, 2.05) is 0 Å². The molecule has 1 unspecified atom stereocenters. The molecule has 0 radical (unpaired) electrons. The lowest BCUT2D eigenvalue weighted by molar-refractivity contribution is 0.0352. The van der Waals surface area contributed by atoms with E-state index in [2.05, 4.69) is 0 Å². The molecule has 4 heteroatoms. The fourth-order valence-electron chi connectivity index (χ4n) is 1.85. The van der Waals surface area contributed by atoms with Crippen LogP contribution < -0.4 is 4.74 Å². The zero-order valence-corrected chi connectivity index (χ0v) is 10.3. The maximum absolute atomic E-state index is 10.7. The molecule has 0 N–H and O–H groups in total. The van der Waals surface area contributed by atoms with Crippen molar-refractivity contribution in [1.82, 2.24) is 0 Å². The van der Waals surface area contributed by atoms with Crippen molar-refractivity contribution in [1.29, 1.82) is 0 Å². The van der Waals surface area contributed by atoms with E-state index in [0.717, 1.165) is 32.3 Å². The molecule has 0 bridgehead atoms. The summed E-state index contributed by atoms with van der Waals surface area (Å²) < 4.78 is 11.0. The molecule has 1 atom stereocenters. The van der Waals surface area contributed by atoms with Gasteiger partial charge in [0.25, 0.3) is 0 Å². The third-order valence-corrected chi connectivity index (χ3v) is 3.18. The second-order valence-corrected chi connectivity index (χ2v) is 4.60. The fraction of sp³-hybridized carbons (Fsp3) is 0.462. The van der Waals surface area contributed by atoms with Gasteiger partial charge in [-0.1, -0.05) is 11.6 Å². The Balaban J connectivity index is 1.91. The maximum atomic E-state index is 10.7. The van der Waals surface area contributed by atoms with Crippen LogP contribution in [-0.2, 0) is 4.74 Å². The molecule has 1 aromatic rings. The molecule has 0 aromatic heterocycles. The van der Waals surface area contributed by atoms with Crippen LogP contribution in [0.1, 0.15) is 23.2 Å². The molecule has 1 aromatic carbocycles. The topological polar surface area (TPSA) is 35.5 Å². The molecule has 1 heterocycles. The number of hydrogen-bond acceptors (Lipinski definition) is 3. The molecular weight excluding hydrogens is 240 g/mol. The molecule has 0 spiro atoms. The van der Waals surface area contributed by atoms with Crippen molar-refractivity contribution in [3.8, 4) is 5.75 Å². The van der Waals surface area contributed by atoms with Crippen LogP contribution in [0.5, 0.6) is 5.75 Å².